The van der Waals surface area contributed by atoms with Gasteiger partial charge in [-0.15, -0.1) is 0 Å². The number of amides is 1. The lowest BCUT2D eigenvalue weighted by atomic mass is 9.92. The first kappa shape index (κ1) is 23.7. The number of aromatic nitrogens is 3. The number of likely N-dealkylation sites (tertiary alicyclic amines) is 1. The minimum Gasteiger partial charge on any atom is -0.342 e. The van der Waals surface area contributed by atoms with E-state index in [4.69, 9.17) is 0 Å². The van der Waals surface area contributed by atoms with Crippen LogP contribution in [0.3, 0.4) is 0 Å². The van der Waals surface area contributed by atoms with Crippen molar-refractivity contribution in [3.05, 3.63) is 35.7 Å². The SMILES string of the molecule is CC1(C(=O)N2CCC(c3cc(Nc4cc(C(F)(F)F)ccn4)nc(N4CC(F)(F)C4)n3)CC2)CC1. The number of nitrogens with zero attached hydrogens (tertiary/aromatic N) is 5. The minimum absolute atomic E-state index is 0.0374. The lowest BCUT2D eigenvalue weighted by molar-refractivity contribution is -0.138. The summed E-state index contributed by atoms with van der Waals surface area (Å²) in [6.07, 6.45) is -0.393. The van der Waals surface area contributed by atoms with Crippen molar-refractivity contribution in [1.82, 2.24) is 19.9 Å². The average molecular weight is 496 g/mol. The van der Waals surface area contributed by atoms with Gasteiger partial charge in [0.25, 0.3) is 5.92 Å². The fraction of sp³-hybridized carbons (Fsp3) is 0.565. The van der Waals surface area contributed by atoms with Gasteiger partial charge in [-0.3, -0.25) is 4.79 Å². The first-order valence-corrected chi connectivity index (χ1v) is 11.5. The van der Waals surface area contributed by atoms with Gasteiger partial charge < -0.3 is 15.1 Å². The third-order valence-electron chi connectivity index (χ3n) is 6.92. The van der Waals surface area contributed by atoms with E-state index in [0.717, 1.165) is 31.2 Å². The Kier molecular flexibility index (Phi) is 5.59. The number of carbonyl (C=O) groups excluding carboxylic acids is 1. The average Bonchev–Trinajstić information content (AvgIpc) is 3.55. The number of anilines is 3. The van der Waals surface area contributed by atoms with Crippen molar-refractivity contribution in [2.45, 2.75) is 50.6 Å². The van der Waals surface area contributed by atoms with Crippen LogP contribution in [0.15, 0.2) is 24.4 Å². The van der Waals surface area contributed by atoms with E-state index < -0.39 is 30.8 Å². The van der Waals surface area contributed by atoms with Crippen molar-refractivity contribution in [3.63, 3.8) is 0 Å². The second-order valence-corrected chi connectivity index (χ2v) is 9.87. The van der Waals surface area contributed by atoms with E-state index in [1.807, 2.05) is 11.8 Å². The monoisotopic (exact) mass is 496 g/mol. The molecule has 2 aliphatic heterocycles. The zero-order valence-electron chi connectivity index (χ0n) is 19.1. The molecule has 3 aliphatic rings. The summed E-state index contributed by atoms with van der Waals surface area (Å²) < 4.78 is 66.2. The molecule has 2 aromatic heterocycles. The van der Waals surface area contributed by atoms with Gasteiger partial charge in [-0.25, -0.2) is 18.7 Å². The van der Waals surface area contributed by atoms with Gasteiger partial charge >= 0.3 is 6.18 Å². The molecule has 1 saturated carbocycles. The van der Waals surface area contributed by atoms with Crippen molar-refractivity contribution in [1.29, 1.82) is 0 Å². The molecule has 4 heterocycles. The fourth-order valence-corrected chi connectivity index (χ4v) is 4.49. The smallest absolute Gasteiger partial charge is 0.342 e. The third-order valence-corrected chi connectivity index (χ3v) is 6.92. The lowest BCUT2D eigenvalue weighted by Crippen LogP contribution is -2.57. The number of halogens is 5. The summed E-state index contributed by atoms with van der Waals surface area (Å²) in [6, 6.07) is 3.34. The summed E-state index contributed by atoms with van der Waals surface area (Å²) in [4.78, 5) is 28.6. The first-order valence-electron chi connectivity index (χ1n) is 11.5. The Morgan fingerprint density at radius 1 is 1.09 bits per heavy atom. The van der Waals surface area contributed by atoms with Crippen LogP contribution >= 0.6 is 0 Å². The van der Waals surface area contributed by atoms with Crippen LogP contribution in [-0.2, 0) is 11.0 Å². The number of piperidine rings is 1. The molecule has 3 fully saturated rings. The second kappa shape index (κ2) is 8.27. The topological polar surface area (TPSA) is 74.2 Å². The van der Waals surface area contributed by atoms with E-state index in [1.54, 1.807) is 6.07 Å². The summed E-state index contributed by atoms with van der Waals surface area (Å²) in [6.45, 7) is 2.06. The van der Waals surface area contributed by atoms with Gasteiger partial charge in [-0.1, -0.05) is 6.92 Å². The van der Waals surface area contributed by atoms with Crippen molar-refractivity contribution in [2.75, 3.05) is 36.4 Å². The van der Waals surface area contributed by atoms with Gasteiger partial charge in [0, 0.05) is 36.7 Å². The Morgan fingerprint density at radius 3 is 2.37 bits per heavy atom. The third kappa shape index (κ3) is 5.01. The molecule has 0 atom stereocenters. The normalized spacial score (nSPS) is 21.4. The molecule has 7 nitrogen and oxygen atoms in total. The number of hydrogen-bond acceptors (Lipinski definition) is 6. The maximum Gasteiger partial charge on any atom is 0.416 e. The summed E-state index contributed by atoms with van der Waals surface area (Å²) in [5.41, 5.74) is -0.509. The Bertz CT molecular complexity index is 1120. The minimum atomic E-state index is -4.53. The van der Waals surface area contributed by atoms with Gasteiger partial charge in [0.15, 0.2) is 0 Å². The Morgan fingerprint density at radius 2 is 1.77 bits per heavy atom. The largest absolute Gasteiger partial charge is 0.416 e. The van der Waals surface area contributed by atoms with E-state index in [-0.39, 0.29) is 34.8 Å². The van der Waals surface area contributed by atoms with Crippen LogP contribution in [0, 0.1) is 5.41 Å². The molecule has 35 heavy (non-hydrogen) atoms. The second-order valence-electron chi connectivity index (χ2n) is 9.87. The molecule has 188 valence electrons. The molecule has 0 bridgehead atoms. The van der Waals surface area contributed by atoms with Crippen LogP contribution in [0.4, 0.5) is 39.5 Å². The van der Waals surface area contributed by atoms with Crippen LogP contribution < -0.4 is 10.2 Å². The van der Waals surface area contributed by atoms with E-state index in [0.29, 0.717) is 31.6 Å². The van der Waals surface area contributed by atoms with Crippen LogP contribution in [0.25, 0.3) is 0 Å². The van der Waals surface area contributed by atoms with Gasteiger partial charge in [0.1, 0.15) is 11.6 Å². The van der Waals surface area contributed by atoms with Crippen molar-refractivity contribution >= 4 is 23.5 Å². The van der Waals surface area contributed by atoms with Crippen molar-refractivity contribution < 1.29 is 26.7 Å². The van der Waals surface area contributed by atoms with E-state index >= 15 is 0 Å². The molecule has 0 radical (unpaired) electrons. The molecule has 1 amide bonds. The van der Waals surface area contributed by atoms with Crippen LogP contribution in [0.5, 0.6) is 0 Å². The Balaban J connectivity index is 1.37. The quantitative estimate of drug-likeness (QED) is 0.611. The molecule has 2 saturated heterocycles. The first-order chi connectivity index (χ1) is 16.4. The van der Waals surface area contributed by atoms with Gasteiger partial charge in [-0.05, 0) is 37.8 Å². The van der Waals surface area contributed by atoms with Crippen molar-refractivity contribution in [2.24, 2.45) is 5.41 Å². The van der Waals surface area contributed by atoms with E-state index in [9.17, 15) is 26.7 Å². The summed E-state index contributed by atoms with van der Waals surface area (Å²) in [7, 11) is 0. The van der Waals surface area contributed by atoms with Gasteiger partial charge in [0.2, 0.25) is 11.9 Å². The number of rotatable bonds is 5. The zero-order valence-corrected chi connectivity index (χ0v) is 19.1. The Labute approximate surface area is 198 Å². The van der Waals surface area contributed by atoms with Gasteiger partial charge in [-0.2, -0.15) is 18.2 Å². The standard InChI is InChI=1S/C23H25F5N6O/c1-21(5-6-21)19(35)33-8-3-14(4-9-33)16-11-18(32-20(30-16)34-12-22(24,25)13-34)31-17-10-15(2-7-29-17)23(26,27)28/h2,7,10-11,14H,3-6,8-9,12-13H2,1H3,(H,29,30,31,32). The van der Waals surface area contributed by atoms with Crippen LogP contribution in [0.1, 0.15) is 49.8 Å². The highest BCUT2D eigenvalue weighted by molar-refractivity contribution is 5.85. The highest BCUT2D eigenvalue weighted by atomic mass is 19.4. The molecular weight excluding hydrogens is 471 g/mol. The predicted octanol–water partition coefficient (Wildman–Crippen LogP) is 4.60. The lowest BCUT2D eigenvalue weighted by Gasteiger charge is -2.39. The van der Waals surface area contributed by atoms with Crippen LogP contribution in [-0.4, -0.2) is 57.9 Å². The Hall–Kier alpha value is -3.05. The molecule has 0 unspecified atom stereocenters. The molecule has 5 rings (SSSR count). The molecule has 2 aromatic rings. The summed E-state index contributed by atoms with van der Waals surface area (Å²) in [5.74, 6) is -2.50. The van der Waals surface area contributed by atoms with Gasteiger partial charge in [0.05, 0.1) is 24.3 Å². The number of pyridine rings is 1. The maximum absolute atomic E-state index is 13.5. The summed E-state index contributed by atoms with van der Waals surface area (Å²) in [5, 5.41) is 2.77. The fourth-order valence-electron chi connectivity index (χ4n) is 4.49. The highest BCUT2D eigenvalue weighted by Gasteiger charge is 2.48. The highest BCUT2D eigenvalue weighted by Crippen LogP contribution is 2.47. The molecule has 0 aromatic carbocycles. The maximum atomic E-state index is 13.5. The van der Waals surface area contributed by atoms with Crippen LogP contribution in [0.2, 0.25) is 0 Å². The van der Waals surface area contributed by atoms with Crippen molar-refractivity contribution in [3.8, 4) is 0 Å². The number of alkyl halides is 5. The molecular formula is C23H25F5N6O. The number of nitrogens with one attached hydrogen (secondary N) is 1. The summed E-state index contributed by atoms with van der Waals surface area (Å²) >= 11 is 0. The molecule has 1 aliphatic carbocycles. The van der Waals surface area contributed by atoms with E-state index in [1.165, 1.54) is 4.90 Å². The molecule has 0 spiro atoms. The number of hydrogen-bond donors (Lipinski definition) is 1. The van der Waals surface area contributed by atoms with E-state index in [2.05, 4.69) is 20.3 Å². The predicted molar refractivity (Wildman–Crippen MR) is 118 cm³/mol. The molecule has 12 heteroatoms. The number of carbonyl (C=O) groups is 1. The zero-order chi connectivity index (χ0) is 25.0. The molecule has 1 N–H and O–H groups in total.